The molecule has 2 heterocycles. The molecule has 0 aliphatic carbocycles. The molecule has 0 amide bonds. The van der Waals surface area contributed by atoms with Crippen LogP contribution in [0.25, 0.3) is 0 Å². The number of carbonyl (C=O) groups is 1. The predicted molar refractivity (Wildman–Crippen MR) is 64.7 cm³/mol. The minimum absolute atomic E-state index is 0.0124. The number of aromatic hydroxyl groups is 1. The summed E-state index contributed by atoms with van der Waals surface area (Å²) in [4.78, 5) is 12.0. The molecule has 1 aromatic carbocycles. The van der Waals surface area contributed by atoms with Crippen molar-refractivity contribution >= 4 is 17.1 Å². The Morgan fingerprint density at radius 2 is 2.24 bits per heavy atom. The Hall–Kier alpha value is -1.81. The number of phenols is 1. The molecule has 1 N–H and O–H groups in total. The molecule has 3 rings (SSSR count). The van der Waals surface area contributed by atoms with E-state index in [4.69, 9.17) is 4.74 Å². The van der Waals surface area contributed by atoms with E-state index >= 15 is 0 Å². The zero-order chi connectivity index (χ0) is 11.8. The van der Waals surface area contributed by atoms with Crippen LogP contribution in [0.2, 0.25) is 0 Å². The van der Waals surface area contributed by atoms with Crippen LogP contribution in [0.5, 0.6) is 11.5 Å². The van der Waals surface area contributed by atoms with E-state index in [1.807, 2.05) is 16.8 Å². The van der Waals surface area contributed by atoms with Gasteiger partial charge in [0.2, 0.25) is 0 Å². The number of benzene rings is 1. The van der Waals surface area contributed by atoms with Gasteiger partial charge in [0.15, 0.2) is 5.78 Å². The Balaban J connectivity index is 1.99. The normalized spacial score (nSPS) is 18.6. The zero-order valence-corrected chi connectivity index (χ0v) is 9.74. The highest BCUT2D eigenvalue weighted by Crippen LogP contribution is 2.36. The Morgan fingerprint density at radius 3 is 3.00 bits per heavy atom. The van der Waals surface area contributed by atoms with E-state index in [9.17, 15) is 9.90 Å². The van der Waals surface area contributed by atoms with Gasteiger partial charge in [-0.05, 0) is 35.0 Å². The molecule has 0 saturated heterocycles. The minimum Gasteiger partial charge on any atom is -0.508 e. The van der Waals surface area contributed by atoms with Crippen LogP contribution in [0, 0.1) is 0 Å². The Kier molecular flexibility index (Phi) is 2.37. The topological polar surface area (TPSA) is 46.5 Å². The fourth-order valence-electron chi connectivity index (χ4n) is 1.96. The van der Waals surface area contributed by atoms with E-state index in [0.717, 1.165) is 5.56 Å². The molecule has 2 aromatic rings. The van der Waals surface area contributed by atoms with E-state index in [1.165, 1.54) is 12.1 Å². The predicted octanol–water partition coefficient (Wildman–Crippen LogP) is 3.16. The summed E-state index contributed by atoms with van der Waals surface area (Å²) < 4.78 is 5.78. The number of thiophene rings is 1. The first-order valence-electron chi connectivity index (χ1n) is 5.29. The summed E-state index contributed by atoms with van der Waals surface area (Å²) in [5.41, 5.74) is 1.50. The maximum atomic E-state index is 12.0. The monoisotopic (exact) mass is 246 g/mol. The highest BCUT2D eigenvalue weighted by Gasteiger charge is 2.27. The first-order chi connectivity index (χ1) is 8.24. The molecule has 1 aromatic heterocycles. The molecule has 86 valence electrons. The maximum absolute atomic E-state index is 12.0. The second-order valence-electron chi connectivity index (χ2n) is 3.97. The quantitative estimate of drug-likeness (QED) is 0.840. The van der Waals surface area contributed by atoms with Crippen molar-refractivity contribution < 1.29 is 14.6 Å². The van der Waals surface area contributed by atoms with Gasteiger partial charge in [0.1, 0.15) is 17.6 Å². The second kappa shape index (κ2) is 3.89. The third-order valence-corrected chi connectivity index (χ3v) is 3.52. The van der Waals surface area contributed by atoms with Gasteiger partial charge in [-0.15, -0.1) is 0 Å². The molecular formula is C13H10O3S. The number of fused-ring (bicyclic) bond motifs is 1. The summed E-state index contributed by atoms with van der Waals surface area (Å²) in [6.45, 7) is 0. The van der Waals surface area contributed by atoms with Crippen molar-refractivity contribution in [2.45, 2.75) is 12.5 Å². The molecule has 3 nitrogen and oxygen atoms in total. The van der Waals surface area contributed by atoms with Gasteiger partial charge < -0.3 is 9.84 Å². The van der Waals surface area contributed by atoms with Gasteiger partial charge >= 0.3 is 0 Å². The van der Waals surface area contributed by atoms with Crippen molar-refractivity contribution in [3.8, 4) is 11.5 Å². The van der Waals surface area contributed by atoms with Crippen LogP contribution >= 0.6 is 11.3 Å². The van der Waals surface area contributed by atoms with Gasteiger partial charge in [0, 0.05) is 5.56 Å². The standard InChI is InChI=1S/C13H10O3S/c14-9-1-2-12-10(5-9)11(15)6-13(16-12)8-3-4-17-7-8/h1-5,7,13-14H,6H2. The van der Waals surface area contributed by atoms with Crippen LogP contribution in [-0.2, 0) is 0 Å². The number of hydrogen-bond donors (Lipinski definition) is 1. The Labute approximate surface area is 102 Å². The summed E-state index contributed by atoms with van der Waals surface area (Å²) in [7, 11) is 0. The number of phenolic OH excluding ortho intramolecular Hbond substituents is 1. The van der Waals surface area contributed by atoms with Gasteiger partial charge in [0.25, 0.3) is 0 Å². The maximum Gasteiger partial charge on any atom is 0.170 e. The lowest BCUT2D eigenvalue weighted by molar-refractivity contribution is 0.0850. The lowest BCUT2D eigenvalue weighted by Crippen LogP contribution is -2.19. The summed E-state index contributed by atoms with van der Waals surface area (Å²) in [5.74, 6) is 0.656. The van der Waals surface area contributed by atoms with Crippen LogP contribution < -0.4 is 4.74 Å². The second-order valence-corrected chi connectivity index (χ2v) is 4.75. The van der Waals surface area contributed by atoms with E-state index in [1.54, 1.807) is 17.4 Å². The molecule has 1 aliphatic rings. The molecule has 0 saturated carbocycles. The first kappa shape index (κ1) is 10.4. The number of carbonyl (C=O) groups excluding carboxylic acids is 1. The van der Waals surface area contributed by atoms with Crippen molar-refractivity contribution in [2.75, 3.05) is 0 Å². The summed E-state index contributed by atoms with van der Waals surface area (Å²) in [6.07, 6.45) is 0.124. The molecule has 0 spiro atoms. The fraction of sp³-hybridized carbons (Fsp3) is 0.154. The van der Waals surface area contributed by atoms with Gasteiger partial charge in [-0.1, -0.05) is 0 Å². The summed E-state index contributed by atoms with van der Waals surface area (Å²) in [5, 5.41) is 13.3. The van der Waals surface area contributed by atoms with Crippen molar-refractivity contribution in [1.82, 2.24) is 0 Å². The largest absolute Gasteiger partial charge is 0.508 e. The lowest BCUT2D eigenvalue weighted by Gasteiger charge is -2.24. The summed E-state index contributed by atoms with van der Waals surface area (Å²) >= 11 is 1.59. The van der Waals surface area contributed by atoms with Crippen molar-refractivity contribution in [3.63, 3.8) is 0 Å². The minimum atomic E-state index is -0.203. The zero-order valence-electron chi connectivity index (χ0n) is 8.92. The van der Waals surface area contributed by atoms with Gasteiger partial charge in [-0.25, -0.2) is 0 Å². The molecule has 0 fully saturated rings. The third-order valence-electron chi connectivity index (χ3n) is 2.82. The average molecular weight is 246 g/mol. The van der Waals surface area contributed by atoms with Crippen LogP contribution in [0.4, 0.5) is 0 Å². The highest BCUT2D eigenvalue weighted by molar-refractivity contribution is 7.07. The molecule has 1 atom stereocenters. The van der Waals surface area contributed by atoms with E-state index < -0.39 is 0 Å². The Morgan fingerprint density at radius 1 is 1.35 bits per heavy atom. The highest BCUT2D eigenvalue weighted by atomic mass is 32.1. The van der Waals surface area contributed by atoms with Crippen molar-refractivity contribution in [2.24, 2.45) is 0 Å². The summed E-state index contributed by atoms with van der Waals surface area (Å²) in [6, 6.07) is 6.60. The fourth-order valence-corrected chi connectivity index (χ4v) is 2.66. The molecule has 17 heavy (non-hydrogen) atoms. The van der Waals surface area contributed by atoms with Gasteiger partial charge in [0.05, 0.1) is 12.0 Å². The SMILES string of the molecule is O=C1CC(c2ccsc2)Oc2ccc(O)cc21. The van der Waals surface area contributed by atoms with E-state index in [2.05, 4.69) is 0 Å². The third kappa shape index (κ3) is 1.80. The first-order valence-corrected chi connectivity index (χ1v) is 6.23. The number of ether oxygens (including phenoxy) is 1. The van der Waals surface area contributed by atoms with Gasteiger partial charge in [-0.2, -0.15) is 11.3 Å². The molecular weight excluding hydrogens is 236 g/mol. The van der Waals surface area contributed by atoms with Crippen LogP contribution in [-0.4, -0.2) is 10.9 Å². The van der Waals surface area contributed by atoms with Gasteiger partial charge in [-0.3, -0.25) is 4.79 Å². The van der Waals surface area contributed by atoms with Crippen LogP contribution in [0.15, 0.2) is 35.0 Å². The molecule has 4 heteroatoms. The number of ketones is 1. The lowest BCUT2D eigenvalue weighted by atomic mass is 9.97. The number of rotatable bonds is 1. The van der Waals surface area contributed by atoms with Crippen molar-refractivity contribution in [3.05, 3.63) is 46.2 Å². The van der Waals surface area contributed by atoms with Crippen LogP contribution in [0.3, 0.4) is 0 Å². The van der Waals surface area contributed by atoms with Crippen LogP contribution in [0.1, 0.15) is 28.4 Å². The van der Waals surface area contributed by atoms with Crippen molar-refractivity contribution in [1.29, 1.82) is 0 Å². The number of hydrogen-bond acceptors (Lipinski definition) is 4. The average Bonchev–Trinajstić information content (AvgIpc) is 2.83. The van der Waals surface area contributed by atoms with E-state index in [0.29, 0.717) is 17.7 Å². The molecule has 0 bridgehead atoms. The van der Waals surface area contributed by atoms with E-state index in [-0.39, 0.29) is 17.6 Å². The number of Topliss-reactive ketones (excluding diaryl/α,β-unsaturated/α-hetero) is 1. The molecule has 1 unspecified atom stereocenters. The molecule has 0 radical (unpaired) electrons. The smallest absolute Gasteiger partial charge is 0.170 e. The molecule has 1 aliphatic heterocycles. The Bertz CT molecular complexity index is 560.